The molecule has 0 saturated heterocycles. The lowest BCUT2D eigenvalue weighted by Crippen LogP contribution is -2.20. The Morgan fingerprint density at radius 2 is 1.32 bits per heavy atom. The van der Waals surface area contributed by atoms with Crippen LogP contribution in [0.1, 0.15) is 17.0 Å². The lowest BCUT2D eigenvalue weighted by molar-refractivity contribution is 0.303. The average molecular weight is 406 g/mol. The first-order chi connectivity index (χ1) is 11.9. The molecule has 0 aliphatic rings. The van der Waals surface area contributed by atoms with Crippen molar-refractivity contribution in [2.45, 2.75) is 9.71 Å². The molecule has 0 radical (unpaired) electrons. The van der Waals surface area contributed by atoms with Crippen LogP contribution in [0.2, 0.25) is 0 Å². The van der Waals surface area contributed by atoms with E-state index in [-0.39, 0.29) is 0 Å². The predicted octanol–water partition coefficient (Wildman–Crippen LogP) is 5.22. The summed E-state index contributed by atoms with van der Waals surface area (Å²) in [7, 11) is 6.08. The third-order valence-electron chi connectivity index (χ3n) is 3.79. The zero-order valence-electron chi connectivity index (χ0n) is 14.3. The largest absolute Gasteiger partial charge is 0.493 e. The molecule has 0 bridgehead atoms. The summed E-state index contributed by atoms with van der Waals surface area (Å²) in [5, 5.41) is 0. The average Bonchev–Trinajstić information content (AvgIpc) is 2.60. The van der Waals surface area contributed by atoms with Gasteiger partial charge in [0.25, 0.3) is 0 Å². The third-order valence-corrected chi connectivity index (χ3v) is 4.44. The van der Waals surface area contributed by atoms with E-state index < -0.39 is 9.71 Å². The molecule has 0 aromatic heterocycles. The van der Waals surface area contributed by atoms with E-state index in [0.29, 0.717) is 28.6 Å². The quantitative estimate of drug-likeness (QED) is 0.617. The molecule has 2 rings (SSSR count). The molecule has 2 aromatic carbocycles. The lowest BCUT2D eigenvalue weighted by Gasteiger charge is -2.28. The van der Waals surface area contributed by atoms with Crippen LogP contribution < -0.4 is 18.9 Å². The second-order valence-corrected chi connectivity index (χ2v) is 7.52. The molecule has 7 heteroatoms. The Morgan fingerprint density at radius 3 is 1.76 bits per heavy atom. The maximum Gasteiger partial charge on any atom is 0.207 e. The van der Waals surface area contributed by atoms with Gasteiger partial charge in [0.2, 0.25) is 15.3 Å². The molecule has 0 saturated carbocycles. The summed E-state index contributed by atoms with van der Waals surface area (Å²) >= 11 is 19.0. The first-order valence-electron chi connectivity index (χ1n) is 7.37. The van der Waals surface area contributed by atoms with E-state index in [1.165, 1.54) is 28.4 Å². The summed E-state index contributed by atoms with van der Waals surface area (Å²) in [4.78, 5) is 0. The van der Waals surface area contributed by atoms with Crippen LogP contribution in [0.15, 0.2) is 36.4 Å². The molecule has 2 aromatic rings. The first-order valence-corrected chi connectivity index (χ1v) is 8.50. The highest BCUT2D eigenvalue weighted by Crippen LogP contribution is 2.54. The van der Waals surface area contributed by atoms with E-state index in [9.17, 15) is 0 Å². The maximum absolute atomic E-state index is 6.32. The number of alkyl halides is 3. The van der Waals surface area contributed by atoms with Crippen molar-refractivity contribution in [3.8, 4) is 23.0 Å². The van der Waals surface area contributed by atoms with E-state index in [2.05, 4.69) is 0 Å². The molecule has 1 unspecified atom stereocenters. The maximum atomic E-state index is 6.32. The highest BCUT2D eigenvalue weighted by molar-refractivity contribution is 6.68. The highest BCUT2D eigenvalue weighted by atomic mass is 35.6. The number of hydrogen-bond donors (Lipinski definition) is 0. The Balaban J connectivity index is 2.81. The van der Waals surface area contributed by atoms with Gasteiger partial charge in [0, 0.05) is 5.56 Å². The molecule has 0 aliphatic heterocycles. The Labute approximate surface area is 162 Å². The van der Waals surface area contributed by atoms with Crippen molar-refractivity contribution in [1.29, 1.82) is 0 Å². The smallest absolute Gasteiger partial charge is 0.207 e. The fourth-order valence-electron chi connectivity index (χ4n) is 2.76. The summed E-state index contributed by atoms with van der Waals surface area (Å²) in [5.74, 6) is 1.03. The molecule has 0 aliphatic carbocycles. The van der Waals surface area contributed by atoms with E-state index in [4.69, 9.17) is 53.8 Å². The van der Waals surface area contributed by atoms with Gasteiger partial charge in [-0.15, -0.1) is 0 Å². The molecule has 0 amide bonds. The van der Waals surface area contributed by atoms with Gasteiger partial charge < -0.3 is 18.9 Å². The standard InChI is InChI=1S/C18H19Cl3O4/c1-22-13-10-12(15(23-2)17(25-4)16(13)24-3)14(18(19,20)21)11-8-6-5-7-9-11/h5-10,14H,1-4H3. The molecular weight excluding hydrogens is 387 g/mol. The van der Waals surface area contributed by atoms with Gasteiger partial charge in [0.1, 0.15) is 0 Å². The minimum Gasteiger partial charge on any atom is -0.493 e. The van der Waals surface area contributed by atoms with Crippen molar-refractivity contribution in [2.24, 2.45) is 0 Å². The van der Waals surface area contributed by atoms with Gasteiger partial charge in [0.15, 0.2) is 11.5 Å². The van der Waals surface area contributed by atoms with Crippen LogP contribution in [-0.2, 0) is 0 Å². The van der Waals surface area contributed by atoms with Crippen LogP contribution in [0.25, 0.3) is 0 Å². The number of methoxy groups -OCH3 is 4. The van der Waals surface area contributed by atoms with Gasteiger partial charge in [-0.25, -0.2) is 0 Å². The van der Waals surface area contributed by atoms with Crippen molar-refractivity contribution >= 4 is 34.8 Å². The predicted molar refractivity (Wildman–Crippen MR) is 101 cm³/mol. The summed E-state index contributed by atoms with van der Waals surface area (Å²) in [5.41, 5.74) is 1.43. The van der Waals surface area contributed by atoms with E-state index in [0.717, 1.165) is 5.56 Å². The summed E-state index contributed by atoms with van der Waals surface area (Å²) in [6.45, 7) is 0. The van der Waals surface area contributed by atoms with Crippen LogP contribution >= 0.6 is 34.8 Å². The minimum atomic E-state index is -1.63. The summed E-state index contributed by atoms with van der Waals surface area (Å²) in [6.07, 6.45) is 0. The molecule has 25 heavy (non-hydrogen) atoms. The molecule has 0 spiro atoms. The number of ether oxygens (including phenoxy) is 4. The van der Waals surface area contributed by atoms with Gasteiger partial charge >= 0.3 is 0 Å². The topological polar surface area (TPSA) is 36.9 Å². The number of hydrogen-bond acceptors (Lipinski definition) is 4. The molecule has 4 nitrogen and oxygen atoms in total. The first kappa shape index (κ1) is 19.8. The monoisotopic (exact) mass is 404 g/mol. The van der Waals surface area contributed by atoms with Gasteiger partial charge in [-0.1, -0.05) is 65.1 Å². The Morgan fingerprint density at radius 1 is 0.760 bits per heavy atom. The number of halogens is 3. The molecular formula is C18H19Cl3O4. The van der Waals surface area contributed by atoms with Gasteiger partial charge in [0.05, 0.1) is 34.4 Å². The second-order valence-electron chi connectivity index (χ2n) is 5.15. The van der Waals surface area contributed by atoms with Crippen molar-refractivity contribution < 1.29 is 18.9 Å². The van der Waals surface area contributed by atoms with Gasteiger partial charge in [-0.05, 0) is 11.6 Å². The molecule has 136 valence electrons. The molecule has 0 N–H and O–H groups in total. The summed E-state index contributed by atoms with van der Waals surface area (Å²) < 4.78 is 20.3. The summed E-state index contributed by atoms with van der Waals surface area (Å²) in [6, 6.07) is 11.2. The van der Waals surface area contributed by atoms with Crippen LogP contribution in [0.3, 0.4) is 0 Å². The van der Waals surface area contributed by atoms with Crippen LogP contribution in [0.5, 0.6) is 23.0 Å². The van der Waals surface area contributed by atoms with Gasteiger partial charge in [-0.2, -0.15) is 0 Å². The van der Waals surface area contributed by atoms with Gasteiger partial charge in [-0.3, -0.25) is 0 Å². The zero-order valence-corrected chi connectivity index (χ0v) is 16.6. The van der Waals surface area contributed by atoms with E-state index >= 15 is 0 Å². The zero-order chi connectivity index (χ0) is 18.6. The van der Waals surface area contributed by atoms with E-state index in [1.807, 2.05) is 30.3 Å². The Hall–Kier alpha value is -1.49. The fourth-order valence-corrected chi connectivity index (χ4v) is 3.49. The number of benzene rings is 2. The van der Waals surface area contributed by atoms with Crippen LogP contribution in [-0.4, -0.2) is 32.2 Å². The molecule has 0 fully saturated rings. The Kier molecular flexibility index (Phi) is 6.55. The normalized spacial score (nSPS) is 12.4. The molecule has 0 heterocycles. The van der Waals surface area contributed by atoms with Crippen molar-refractivity contribution in [3.05, 3.63) is 47.5 Å². The third kappa shape index (κ3) is 4.02. The van der Waals surface area contributed by atoms with Crippen molar-refractivity contribution in [1.82, 2.24) is 0 Å². The Bertz CT molecular complexity index is 714. The van der Waals surface area contributed by atoms with E-state index in [1.54, 1.807) is 6.07 Å². The minimum absolute atomic E-state index is 0.370. The lowest BCUT2D eigenvalue weighted by atomic mass is 9.91. The van der Waals surface area contributed by atoms with Crippen molar-refractivity contribution in [2.75, 3.05) is 28.4 Å². The van der Waals surface area contributed by atoms with Crippen molar-refractivity contribution in [3.63, 3.8) is 0 Å². The van der Waals surface area contributed by atoms with Crippen LogP contribution in [0.4, 0.5) is 0 Å². The SMILES string of the molecule is COc1cc(C(c2ccccc2)C(Cl)(Cl)Cl)c(OC)c(OC)c1OC. The van der Waals surface area contributed by atoms with Crippen LogP contribution in [0, 0.1) is 0 Å². The number of rotatable bonds is 6. The second kappa shape index (κ2) is 8.26. The highest BCUT2D eigenvalue weighted by Gasteiger charge is 2.39. The fraction of sp³-hybridized carbons (Fsp3) is 0.333. The molecule has 1 atom stereocenters.